The summed E-state index contributed by atoms with van der Waals surface area (Å²) in [7, 11) is -0.522. The average Bonchev–Trinajstić information content (AvgIpc) is 2.86. The van der Waals surface area contributed by atoms with E-state index in [2.05, 4.69) is 9.71 Å². The van der Waals surface area contributed by atoms with Gasteiger partial charge in [-0.2, -0.15) is 12.7 Å². The molecule has 0 spiro atoms. The van der Waals surface area contributed by atoms with E-state index in [1.165, 1.54) is 18.5 Å². The van der Waals surface area contributed by atoms with Crippen molar-refractivity contribution in [1.29, 1.82) is 0 Å². The third-order valence-corrected chi connectivity index (χ3v) is 6.31. The molecule has 0 saturated heterocycles. The first-order chi connectivity index (χ1) is 9.96. The predicted octanol–water partition coefficient (Wildman–Crippen LogP) is 2.25. The summed E-state index contributed by atoms with van der Waals surface area (Å²) in [5, 5.41) is 0. The second-order valence-electron chi connectivity index (χ2n) is 4.29. The van der Waals surface area contributed by atoms with Gasteiger partial charge < -0.3 is 4.74 Å². The first kappa shape index (κ1) is 16.5. The summed E-state index contributed by atoms with van der Waals surface area (Å²) >= 11 is 3.12. The maximum absolute atomic E-state index is 12.1. The zero-order chi connectivity index (χ0) is 15.5. The molecule has 0 bridgehead atoms. The second-order valence-corrected chi connectivity index (χ2v) is 8.15. The number of nitrogens with zero attached hydrogens (tertiary/aromatic N) is 2. The molecular weight excluding hydrogens is 330 g/mol. The maximum Gasteiger partial charge on any atom is 0.301 e. The summed E-state index contributed by atoms with van der Waals surface area (Å²) in [4.78, 5) is 4.42. The van der Waals surface area contributed by atoms with Crippen LogP contribution in [0, 0.1) is 0 Å². The van der Waals surface area contributed by atoms with E-state index in [-0.39, 0.29) is 0 Å². The van der Waals surface area contributed by atoms with Crippen LogP contribution in [0.1, 0.15) is 0 Å². The largest absolute Gasteiger partial charge is 0.383 e. The number of anilines is 1. The molecule has 0 radical (unpaired) electrons. The Morgan fingerprint density at radius 2 is 2.24 bits per heavy atom. The van der Waals surface area contributed by atoms with Crippen LogP contribution in [0.3, 0.4) is 0 Å². The SMILES string of the molecule is COCCN(C)S(=O)(=O)Nc1ccc2nc(SC)sc2c1. The summed E-state index contributed by atoms with van der Waals surface area (Å²) in [5.41, 5.74) is 1.41. The van der Waals surface area contributed by atoms with Gasteiger partial charge in [-0.25, -0.2) is 4.98 Å². The standard InChI is InChI=1S/C12H17N3O3S3/c1-15(6-7-18-2)21(16,17)14-9-4-5-10-11(8-9)20-12(13-10)19-3/h4-5,8,14H,6-7H2,1-3H3. The number of hydrogen-bond acceptors (Lipinski definition) is 6. The van der Waals surface area contributed by atoms with E-state index in [4.69, 9.17) is 4.74 Å². The molecule has 9 heteroatoms. The molecule has 2 aromatic rings. The number of thioether (sulfide) groups is 1. The number of methoxy groups -OCH3 is 1. The Labute approximate surface area is 132 Å². The van der Waals surface area contributed by atoms with E-state index in [1.54, 1.807) is 35.2 Å². The number of benzene rings is 1. The molecule has 1 aromatic heterocycles. The zero-order valence-electron chi connectivity index (χ0n) is 12.0. The number of fused-ring (bicyclic) bond motifs is 1. The van der Waals surface area contributed by atoms with Crippen molar-refractivity contribution in [2.45, 2.75) is 4.34 Å². The normalized spacial score (nSPS) is 12.2. The Morgan fingerprint density at radius 3 is 2.90 bits per heavy atom. The molecule has 0 fully saturated rings. The summed E-state index contributed by atoms with van der Waals surface area (Å²) in [6.07, 6.45) is 1.96. The van der Waals surface area contributed by atoms with Gasteiger partial charge in [0.1, 0.15) is 0 Å². The van der Waals surface area contributed by atoms with Gasteiger partial charge in [0, 0.05) is 20.7 Å². The van der Waals surface area contributed by atoms with Gasteiger partial charge in [0.15, 0.2) is 4.34 Å². The van der Waals surface area contributed by atoms with Gasteiger partial charge in [0.25, 0.3) is 0 Å². The minimum Gasteiger partial charge on any atom is -0.383 e. The lowest BCUT2D eigenvalue weighted by Crippen LogP contribution is -2.34. The van der Waals surface area contributed by atoms with Crippen LogP contribution in [-0.2, 0) is 14.9 Å². The van der Waals surface area contributed by atoms with Gasteiger partial charge in [-0.3, -0.25) is 4.72 Å². The van der Waals surface area contributed by atoms with Gasteiger partial charge in [0.05, 0.1) is 22.5 Å². The molecule has 6 nitrogen and oxygen atoms in total. The highest BCUT2D eigenvalue weighted by atomic mass is 32.2. The molecule has 0 aliphatic carbocycles. The maximum atomic E-state index is 12.1. The third kappa shape index (κ3) is 4.07. The molecule has 0 saturated carbocycles. The van der Waals surface area contributed by atoms with Crippen molar-refractivity contribution < 1.29 is 13.2 Å². The number of aromatic nitrogens is 1. The van der Waals surface area contributed by atoms with Gasteiger partial charge in [-0.05, 0) is 24.5 Å². The summed E-state index contributed by atoms with van der Waals surface area (Å²) in [5.74, 6) is 0. The quantitative estimate of drug-likeness (QED) is 0.778. The van der Waals surface area contributed by atoms with Crippen LogP contribution in [0.2, 0.25) is 0 Å². The Kier molecular flexibility index (Phi) is 5.44. The first-order valence-electron chi connectivity index (χ1n) is 6.14. The van der Waals surface area contributed by atoms with Crippen LogP contribution in [0.25, 0.3) is 10.2 Å². The van der Waals surface area contributed by atoms with Crippen molar-refractivity contribution in [2.75, 3.05) is 38.3 Å². The Hall–Kier alpha value is -0.870. The van der Waals surface area contributed by atoms with Crippen LogP contribution in [-0.4, -0.2) is 51.3 Å². The van der Waals surface area contributed by atoms with E-state index in [0.29, 0.717) is 18.8 Å². The molecule has 21 heavy (non-hydrogen) atoms. The molecule has 0 amide bonds. The monoisotopic (exact) mass is 347 g/mol. The van der Waals surface area contributed by atoms with Crippen LogP contribution in [0.15, 0.2) is 22.5 Å². The minimum absolute atomic E-state index is 0.297. The minimum atomic E-state index is -3.57. The van der Waals surface area contributed by atoms with Gasteiger partial charge in [-0.15, -0.1) is 11.3 Å². The van der Waals surface area contributed by atoms with Crippen LogP contribution in [0.5, 0.6) is 0 Å². The fraction of sp³-hybridized carbons (Fsp3) is 0.417. The lowest BCUT2D eigenvalue weighted by Gasteiger charge is -2.17. The van der Waals surface area contributed by atoms with E-state index < -0.39 is 10.2 Å². The average molecular weight is 347 g/mol. The highest BCUT2D eigenvalue weighted by Gasteiger charge is 2.17. The third-order valence-electron chi connectivity index (χ3n) is 2.81. The number of rotatable bonds is 7. The summed E-state index contributed by atoms with van der Waals surface area (Å²) < 4.78 is 34.9. The summed E-state index contributed by atoms with van der Waals surface area (Å²) in [6.45, 7) is 0.646. The number of nitrogens with one attached hydrogen (secondary N) is 1. The van der Waals surface area contributed by atoms with E-state index in [0.717, 1.165) is 14.6 Å². The Balaban J connectivity index is 2.18. The molecule has 1 aromatic carbocycles. The van der Waals surface area contributed by atoms with Gasteiger partial charge in [0.2, 0.25) is 0 Å². The molecule has 1 N–H and O–H groups in total. The molecule has 0 atom stereocenters. The lowest BCUT2D eigenvalue weighted by molar-refractivity contribution is 0.185. The molecule has 2 rings (SSSR count). The van der Waals surface area contributed by atoms with Crippen LogP contribution >= 0.6 is 23.1 Å². The predicted molar refractivity (Wildman–Crippen MR) is 88.4 cm³/mol. The smallest absolute Gasteiger partial charge is 0.301 e. The van der Waals surface area contributed by atoms with Crippen molar-refractivity contribution in [1.82, 2.24) is 9.29 Å². The highest BCUT2D eigenvalue weighted by Crippen LogP contribution is 2.30. The zero-order valence-corrected chi connectivity index (χ0v) is 14.4. The molecule has 116 valence electrons. The van der Waals surface area contributed by atoms with Crippen molar-refractivity contribution in [2.24, 2.45) is 0 Å². The van der Waals surface area contributed by atoms with Crippen LogP contribution < -0.4 is 4.72 Å². The topological polar surface area (TPSA) is 71.5 Å². The molecule has 1 heterocycles. The van der Waals surface area contributed by atoms with Crippen molar-refractivity contribution >= 4 is 49.2 Å². The van der Waals surface area contributed by atoms with Crippen molar-refractivity contribution in [3.8, 4) is 0 Å². The van der Waals surface area contributed by atoms with E-state index in [1.807, 2.05) is 12.3 Å². The molecule has 0 aliphatic heterocycles. The highest BCUT2D eigenvalue weighted by molar-refractivity contribution is 8.00. The van der Waals surface area contributed by atoms with E-state index >= 15 is 0 Å². The van der Waals surface area contributed by atoms with Crippen LogP contribution in [0.4, 0.5) is 5.69 Å². The van der Waals surface area contributed by atoms with Crippen molar-refractivity contribution in [3.63, 3.8) is 0 Å². The number of hydrogen-bond donors (Lipinski definition) is 1. The fourth-order valence-electron chi connectivity index (χ4n) is 1.62. The fourth-order valence-corrected chi connectivity index (χ4v) is 4.05. The number of thiazole rings is 1. The van der Waals surface area contributed by atoms with E-state index in [9.17, 15) is 8.42 Å². The second kappa shape index (κ2) is 6.93. The van der Waals surface area contributed by atoms with Gasteiger partial charge >= 0.3 is 10.2 Å². The number of likely N-dealkylation sites (N-methyl/N-ethyl adjacent to an activating group) is 1. The molecule has 0 unspecified atom stereocenters. The molecule has 0 aliphatic rings. The Morgan fingerprint density at radius 1 is 1.48 bits per heavy atom. The Bertz CT molecular complexity index is 715. The van der Waals surface area contributed by atoms with Gasteiger partial charge in [-0.1, -0.05) is 11.8 Å². The summed E-state index contributed by atoms with van der Waals surface area (Å²) in [6, 6.07) is 5.33. The molecular formula is C12H17N3O3S3. The first-order valence-corrected chi connectivity index (χ1v) is 9.62. The lowest BCUT2D eigenvalue weighted by atomic mass is 10.3. The number of ether oxygens (including phenoxy) is 1. The van der Waals surface area contributed by atoms with Crippen molar-refractivity contribution in [3.05, 3.63) is 18.2 Å².